The van der Waals surface area contributed by atoms with Crippen molar-refractivity contribution < 1.29 is 4.79 Å². The molecule has 0 radical (unpaired) electrons. The molecule has 0 aliphatic carbocycles. The second-order valence-electron chi connectivity index (χ2n) is 6.21. The quantitative estimate of drug-likeness (QED) is 0.736. The molecule has 0 spiro atoms. The fourth-order valence-electron chi connectivity index (χ4n) is 3.31. The summed E-state index contributed by atoms with van der Waals surface area (Å²) in [4.78, 5) is 21.6. The van der Waals surface area contributed by atoms with Crippen molar-refractivity contribution in [2.24, 2.45) is 7.05 Å². The lowest BCUT2D eigenvalue weighted by Gasteiger charge is -2.34. The van der Waals surface area contributed by atoms with Crippen LogP contribution in [0.5, 0.6) is 0 Å². The molecule has 0 N–H and O–H groups in total. The lowest BCUT2D eigenvalue weighted by Crippen LogP contribution is -2.48. The van der Waals surface area contributed by atoms with Gasteiger partial charge in [-0.2, -0.15) is 0 Å². The summed E-state index contributed by atoms with van der Waals surface area (Å²) in [7, 11) is 2.01. The number of piperazine rings is 1. The Hall–Kier alpha value is -2.18. The third kappa shape index (κ3) is 2.83. The van der Waals surface area contributed by atoms with Crippen molar-refractivity contribution in [1.82, 2.24) is 19.4 Å². The average molecular weight is 340 g/mol. The fraction of sp³-hybridized carbons (Fsp3) is 0.333. The first-order valence-corrected chi connectivity index (χ1v) is 9.09. The number of benzene rings is 1. The predicted molar refractivity (Wildman–Crippen MR) is 96.2 cm³/mol. The first kappa shape index (κ1) is 15.4. The Labute approximate surface area is 145 Å². The van der Waals surface area contributed by atoms with Crippen LogP contribution in [0.1, 0.15) is 16.1 Å². The molecule has 3 aromatic rings. The Morgan fingerprint density at radius 3 is 2.79 bits per heavy atom. The number of aryl methyl sites for hydroxylation is 1. The zero-order chi connectivity index (χ0) is 16.5. The first-order chi connectivity index (χ1) is 11.7. The summed E-state index contributed by atoms with van der Waals surface area (Å²) < 4.78 is 2.05. The summed E-state index contributed by atoms with van der Waals surface area (Å²) in [5, 5.41) is 3.13. The SMILES string of the molecule is Cn1ccc2c(C(=O)N3CCN(Cc4cscn4)CC3)cccc21. The van der Waals surface area contributed by atoms with Crippen LogP contribution in [-0.2, 0) is 13.6 Å². The zero-order valence-electron chi connectivity index (χ0n) is 13.7. The average Bonchev–Trinajstić information content (AvgIpc) is 3.25. The number of carbonyl (C=O) groups is 1. The maximum Gasteiger partial charge on any atom is 0.254 e. The van der Waals surface area contributed by atoms with Crippen molar-refractivity contribution in [2.75, 3.05) is 26.2 Å². The smallest absolute Gasteiger partial charge is 0.254 e. The van der Waals surface area contributed by atoms with Crippen LogP contribution in [0.2, 0.25) is 0 Å². The van der Waals surface area contributed by atoms with Gasteiger partial charge in [-0.25, -0.2) is 4.98 Å². The van der Waals surface area contributed by atoms with E-state index in [1.807, 2.05) is 41.9 Å². The number of hydrogen-bond acceptors (Lipinski definition) is 4. The summed E-state index contributed by atoms with van der Waals surface area (Å²) in [5.74, 6) is 0.139. The van der Waals surface area contributed by atoms with Gasteiger partial charge in [0.2, 0.25) is 0 Å². The molecule has 0 unspecified atom stereocenters. The van der Waals surface area contributed by atoms with Crippen LogP contribution in [0, 0.1) is 0 Å². The highest BCUT2D eigenvalue weighted by molar-refractivity contribution is 7.07. The summed E-state index contributed by atoms with van der Waals surface area (Å²) in [6.45, 7) is 4.21. The number of amides is 1. The number of carbonyl (C=O) groups excluding carboxylic acids is 1. The fourth-order valence-corrected chi connectivity index (χ4v) is 3.86. The Bertz CT molecular complexity index is 847. The molecule has 6 heteroatoms. The highest BCUT2D eigenvalue weighted by Crippen LogP contribution is 2.21. The van der Waals surface area contributed by atoms with Gasteiger partial charge in [0, 0.05) is 67.8 Å². The van der Waals surface area contributed by atoms with E-state index in [9.17, 15) is 4.79 Å². The van der Waals surface area contributed by atoms with Crippen molar-refractivity contribution >= 4 is 28.1 Å². The van der Waals surface area contributed by atoms with E-state index >= 15 is 0 Å². The van der Waals surface area contributed by atoms with Crippen LogP contribution in [-0.4, -0.2) is 51.4 Å². The minimum atomic E-state index is 0.139. The number of thiazole rings is 1. The molecule has 1 fully saturated rings. The highest BCUT2D eigenvalue weighted by atomic mass is 32.1. The molecular weight excluding hydrogens is 320 g/mol. The van der Waals surface area contributed by atoms with Crippen molar-refractivity contribution in [1.29, 1.82) is 0 Å². The van der Waals surface area contributed by atoms with Crippen LogP contribution in [0.25, 0.3) is 10.9 Å². The molecule has 5 nitrogen and oxygen atoms in total. The number of aromatic nitrogens is 2. The lowest BCUT2D eigenvalue weighted by atomic mass is 10.1. The molecule has 4 rings (SSSR count). The molecule has 1 amide bonds. The molecule has 124 valence electrons. The van der Waals surface area contributed by atoms with E-state index in [1.54, 1.807) is 11.3 Å². The van der Waals surface area contributed by atoms with Gasteiger partial charge in [-0.05, 0) is 18.2 Å². The summed E-state index contributed by atoms with van der Waals surface area (Å²) in [5.41, 5.74) is 4.90. The molecule has 1 aliphatic rings. The van der Waals surface area contributed by atoms with Gasteiger partial charge in [0.25, 0.3) is 5.91 Å². The number of hydrogen-bond donors (Lipinski definition) is 0. The molecule has 0 saturated carbocycles. The largest absolute Gasteiger partial charge is 0.351 e. The molecule has 1 aliphatic heterocycles. The normalized spacial score (nSPS) is 16.0. The van der Waals surface area contributed by atoms with Crippen molar-refractivity contribution in [3.05, 3.63) is 52.6 Å². The lowest BCUT2D eigenvalue weighted by molar-refractivity contribution is 0.0629. The van der Waals surface area contributed by atoms with Gasteiger partial charge in [0.05, 0.1) is 11.2 Å². The Balaban J connectivity index is 1.46. The van der Waals surface area contributed by atoms with Crippen molar-refractivity contribution in [3.63, 3.8) is 0 Å². The number of fused-ring (bicyclic) bond motifs is 1. The van der Waals surface area contributed by atoms with Crippen LogP contribution in [0.15, 0.2) is 41.4 Å². The molecule has 1 aromatic carbocycles. The van der Waals surface area contributed by atoms with Crippen LogP contribution < -0.4 is 0 Å². The minimum Gasteiger partial charge on any atom is -0.351 e. The molecule has 0 atom stereocenters. The van der Waals surface area contributed by atoms with Gasteiger partial charge in [-0.3, -0.25) is 9.69 Å². The second kappa shape index (κ2) is 6.37. The van der Waals surface area contributed by atoms with E-state index in [2.05, 4.69) is 25.9 Å². The predicted octanol–water partition coefficient (Wildman–Crippen LogP) is 2.59. The van der Waals surface area contributed by atoms with Crippen LogP contribution in [0.3, 0.4) is 0 Å². The Morgan fingerprint density at radius 2 is 2.04 bits per heavy atom. The summed E-state index contributed by atoms with van der Waals surface area (Å²) >= 11 is 1.63. The third-order valence-electron chi connectivity index (χ3n) is 4.69. The number of nitrogens with zero attached hydrogens (tertiary/aromatic N) is 4. The van der Waals surface area contributed by atoms with E-state index < -0.39 is 0 Å². The number of rotatable bonds is 3. The molecular formula is C18H20N4OS. The van der Waals surface area contributed by atoms with Gasteiger partial charge >= 0.3 is 0 Å². The zero-order valence-corrected chi connectivity index (χ0v) is 14.5. The van der Waals surface area contributed by atoms with Gasteiger partial charge in [-0.1, -0.05) is 6.07 Å². The molecule has 2 aromatic heterocycles. The topological polar surface area (TPSA) is 41.4 Å². The van der Waals surface area contributed by atoms with Crippen molar-refractivity contribution in [3.8, 4) is 0 Å². The minimum absolute atomic E-state index is 0.139. The maximum absolute atomic E-state index is 12.9. The Morgan fingerprint density at radius 1 is 1.21 bits per heavy atom. The van der Waals surface area contributed by atoms with Crippen LogP contribution >= 0.6 is 11.3 Å². The molecule has 0 bridgehead atoms. The highest BCUT2D eigenvalue weighted by Gasteiger charge is 2.23. The van der Waals surface area contributed by atoms with E-state index in [0.29, 0.717) is 0 Å². The Kier molecular flexibility index (Phi) is 4.08. The third-order valence-corrected chi connectivity index (χ3v) is 5.32. The summed E-state index contributed by atoms with van der Waals surface area (Å²) in [6.07, 6.45) is 2.01. The summed E-state index contributed by atoms with van der Waals surface area (Å²) in [6, 6.07) is 7.99. The van der Waals surface area contributed by atoms with Gasteiger partial charge in [0.15, 0.2) is 0 Å². The van der Waals surface area contributed by atoms with E-state index in [4.69, 9.17) is 0 Å². The monoisotopic (exact) mass is 340 g/mol. The van der Waals surface area contributed by atoms with Gasteiger partial charge < -0.3 is 9.47 Å². The van der Waals surface area contributed by atoms with E-state index in [-0.39, 0.29) is 5.91 Å². The van der Waals surface area contributed by atoms with E-state index in [1.165, 1.54) is 0 Å². The molecule has 24 heavy (non-hydrogen) atoms. The molecule has 3 heterocycles. The maximum atomic E-state index is 12.9. The van der Waals surface area contributed by atoms with Gasteiger partial charge in [-0.15, -0.1) is 11.3 Å². The van der Waals surface area contributed by atoms with Crippen molar-refractivity contribution in [2.45, 2.75) is 6.54 Å². The first-order valence-electron chi connectivity index (χ1n) is 8.15. The van der Waals surface area contributed by atoms with Gasteiger partial charge in [0.1, 0.15) is 0 Å². The molecule has 1 saturated heterocycles. The standard InChI is InChI=1S/C18H20N4OS/c1-20-6-5-15-16(3-2-4-17(15)20)18(23)22-9-7-21(8-10-22)11-14-12-24-13-19-14/h2-6,12-13H,7-11H2,1H3. The van der Waals surface area contributed by atoms with E-state index in [0.717, 1.165) is 54.9 Å². The second-order valence-corrected chi connectivity index (χ2v) is 6.93. The van der Waals surface area contributed by atoms with Crippen LogP contribution in [0.4, 0.5) is 0 Å².